The van der Waals surface area contributed by atoms with Crippen LogP contribution in [-0.2, 0) is 16.1 Å². The van der Waals surface area contributed by atoms with Crippen LogP contribution in [0.15, 0.2) is 48.5 Å². The van der Waals surface area contributed by atoms with Crippen molar-refractivity contribution in [3.8, 4) is 11.5 Å². The SMILES string of the molecule is CCCCNC(=O)[C@@H](CC)N(Cc1cccc(OC)c1)C(=O)COc1cccc(C)c1. The van der Waals surface area contributed by atoms with Gasteiger partial charge in [0.15, 0.2) is 6.61 Å². The van der Waals surface area contributed by atoms with Crippen molar-refractivity contribution in [1.29, 1.82) is 0 Å². The fourth-order valence-electron chi connectivity index (χ4n) is 3.33. The number of amides is 2. The van der Waals surface area contributed by atoms with Crippen molar-refractivity contribution < 1.29 is 19.1 Å². The van der Waals surface area contributed by atoms with E-state index in [4.69, 9.17) is 9.47 Å². The number of carbonyl (C=O) groups excluding carboxylic acids is 2. The maximum atomic E-state index is 13.2. The second kappa shape index (κ2) is 12.6. The highest BCUT2D eigenvalue weighted by atomic mass is 16.5. The Labute approximate surface area is 185 Å². The zero-order valence-corrected chi connectivity index (χ0v) is 19.0. The van der Waals surface area contributed by atoms with Gasteiger partial charge in [0, 0.05) is 13.1 Å². The third-order valence-electron chi connectivity index (χ3n) is 5.05. The molecule has 0 unspecified atom stereocenters. The number of rotatable bonds is 12. The number of hydrogen-bond donors (Lipinski definition) is 1. The first-order chi connectivity index (χ1) is 15.0. The van der Waals surface area contributed by atoms with Crippen LogP contribution in [0.2, 0.25) is 0 Å². The molecule has 6 nitrogen and oxygen atoms in total. The van der Waals surface area contributed by atoms with E-state index in [1.54, 1.807) is 12.0 Å². The molecule has 2 rings (SSSR count). The number of unbranched alkanes of at least 4 members (excludes halogenated alkanes) is 1. The van der Waals surface area contributed by atoms with Crippen molar-refractivity contribution in [3.05, 3.63) is 59.7 Å². The van der Waals surface area contributed by atoms with Gasteiger partial charge in [0.2, 0.25) is 5.91 Å². The predicted octanol–water partition coefficient (Wildman–Crippen LogP) is 4.11. The lowest BCUT2D eigenvalue weighted by molar-refractivity contribution is -0.143. The van der Waals surface area contributed by atoms with E-state index in [-0.39, 0.29) is 18.4 Å². The van der Waals surface area contributed by atoms with Crippen LogP contribution in [0.5, 0.6) is 11.5 Å². The molecule has 2 amide bonds. The van der Waals surface area contributed by atoms with Crippen LogP contribution < -0.4 is 14.8 Å². The fraction of sp³-hybridized carbons (Fsp3) is 0.440. The Morgan fingerprint density at radius 2 is 1.81 bits per heavy atom. The Morgan fingerprint density at radius 3 is 2.48 bits per heavy atom. The molecule has 0 heterocycles. The topological polar surface area (TPSA) is 67.9 Å². The highest BCUT2D eigenvalue weighted by molar-refractivity contribution is 5.88. The molecule has 2 aromatic rings. The summed E-state index contributed by atoms with van der Waals surface area (Å²) in [5, 5.41) is 2.96. The minimum absolute atomic E-state index is 0.133. The van der Waals surface area contributed by atoms with Crippen molar-refractivity contribution in [2.75, 3.05) is 20.3 Å². The lowest BCUT2D eigenvalue weighted by atomic mass is 10.1. The molecule has 6 heteroatoms. The van der Waals surface area contributed by atoms with Crippen LogP contribution >= 0.6 is 0 Å². The van der Waals surface area contributed by atoms with Crippen molar-refractivity contribution in [2.24, 2.45) is 0 Å². The van der Waals surface area contributed by atoms with Crippen LogP contribution in [0.1, 0.15) is 44.2 Å². The molecule has 31 heavy (non-hydrogen) atoms. The van der Waals surface area contributed by atoms with Crippen molar-refractivity contribution in [2.45, 2.75) is 52.6 Å². The summed E-state index contributed by atoms with van der Waals surface area (Å²) >= 11 is 0. The Balaban J connectivity index is 2.19. The van der Waals surface area contributed by atoms with E-state index >= 15 is 0 Å². The Bertz CT molecular complexity index is 853. The molecule has 0 radical (unpaired) electrons. The van der Waals surface area contributed by atoms with Gasteiger partial charge >= 0.3 is 0 Å². The molecule has 168 valence electrons. The molecule has 0 aliphatic rings. The number of aryl methyl sites for hydroxylation is 1. The summed E-state index contributed by atoms with van der Waals surface area (Å²) in [6.07, 6.45) is 2.41. The number of methoxy groups -OCH3 is 1. The van der Waals surface area contributed by atoms with E-state index in [0.29, 0.717) is 31.0 Å². The molecule has 0 saturated heterocycles. The predicted molar refractivity (Wildman–Crippen MR) is 122 cm³/mol. The highest BCUT2D eigenvalue weighted by Gasteiger charge is 2.28. The van der Waals surface area contributed by atoms with Gasteiger partial charge in [-0.2, -0.15) is 0 Å². The van der Waals surface area contributed by atoms with Crippen LogP contribution in [0.4, 0.5) is 0 Å². The summed E-state index contributed by atoms with van der Waals surface area (Å²) < 4.78 is 11.0. The summed E-state index contributed by atoms with van der Waals surface area (Å²) in [6.45, 7) is 6.73. The molecular weight excluding hydrogens is 392 g/mol. The molecule has 1 N–H and O–H groups in total. The Kier molecular flexibility index (Phi) is 9.88. The molecule has 0 aromatic heterocycles. The number of carbonyl (C=O) groups is 2. The first kappa shape index (κ1) is 24.3. The minimum atomic E-state index is -0.573. The molecule has 0 fully saturated rings. The first-order valence-corrected chi connectivity index (χ1v) is 10.9. The fourth-order valence-corrected chi connectivity index (χ4v) is 3.33. The average molecular weight is 427 g/mol. The van der Waals surface area contributed by atoms with E-state index in [9.17, 15) is 9.59 Å². The van der Waals surface area contributed by atoms with Crippen LogP contribution in [0.3, 0.4) is 0 Å². The highest BCUT2D eigenvalue weighted by Crippen LogP contribution is 2.18. The lowest BCUT2D eigenvalue weighted by Crippen LogP contribution is -2.50. The van der Waals surface area contributed by atoms with Gasteiger partial charge in [0.05, 0.1) is 7.11 Å². The molecule has 0 aliphatic heterocycles. The number of nitrogens with zero attached hydrogens (tertiary/aromatic N) is 1. The van der Waals surface area contributed by atoms with E-state index in [1.165, 1.54) is 0 Å². The normalized spacial score (nSPS) is 11.5. The quantitative estimate of drug-likeness (QED) is 0.519. The standard InChI is InChI=1S/C25H34N2O4/c1-5-7-14-26-25(29)23(6-2)27(17-20-11-9-12-21(16-20)30-4)24(28)18-31-22-13-8-10-19(3)15-22/h8-13,15-16,23H,5-7,14,17-18H2,1-4H3,(H,26,29)/t23-/m1/s1. The minimum Gasteiger partial charge on any atom is -0.497 e. The summed E-state index contributed by atoms with van der Waals surface area (Å²) in [6, 6.07) is 14.5. The third kappa shape index (κ3) is 7.63. The van der Waals surface area contributed by atoms with Crippen LogP contribution in [0.25, 0.3) is 0 Å². The summed E-state index contributed by atoms with van der Waals surface area (Å²) in [5.41, 5.74) is 1.95. The van der Waals surface area contributed by atoms with Gasteiger partial charge in [-0.25, -0.2) is 0 Å². The van der Waals surface area contributed by atoms with Gasteiger partial charge < -0.3 is 19.7 Å². The Hall–Kier alpha value is -3.02. The van der Waals surface area contributed by atoms with Gasteiger partial charge in [-0.1, -0.05) is 44.5 Å². The van der Waals surface area contributed by atoms with Gasteiger partial charge in [0.25, 0.3) is 5.91 Å². The Morgan fingerprint density at radius 1 is 1.06 bits per heavy atom. The van der Waals surface area contributed by atoms with E-state index in [1.807, 2.05) is 62.4 Å². The lowest BCUT2D eigenvalue weighted by Gasteiger charge is -2.30. The second-order valence-corrected chi connectivity index (χ2v) is 7.55. The van der Waals surface area contributed by atoms with Gasteiger partial charge in [-0.05, 0) is 55.2 Å². The summed E-state index contributed by atoms with van der Waals surface area (Å²) in [5.74, 6) is 0.973. The van der Waals surface area contributed by atoms with Crippen LogP contribution in [-0.4, -0.2) is 43.0 Å². The first-order valence-electron chi connectivity index (χ1n) is 10.9. The van der Waals surface area contributed by atoms with Gasteiger partial charge in [-0.15, -0.1) is 0 Å². The third-order valence-corrected chi connectivity index (χ3v) is 5.05. The molecule has 2 aromatic carbocycles. The zero-order valence-electron chi connectivity index (χ0n) is 19.0. The van der Waals surface area contributed by atoms with Crippen molar-refractivity contribution >= 4 is 11.8 Å². The maximum absolute atomic E-state index is 13.2. The number of hydrogen-bond acceptors (Lipinski definition) is 4. The van der Waals surface area contributed by atoms with Crippen LogP contribution in [0, 0.1) is 6.92 Å². The molecule has 0 bridgehead atoms. The number of ether oxygens (including phenoxy) is 2. The number of nitrogens with one attached hydrogen (secondary N) is 1. The summed E-state index contributed by atoms with van der Waals surface area (Å²) in [4.78, 5) is 27.6. The van der Waals surface area contributed by atoms with Crippen molar-refractivity contribution in [1.82, 2.24) is 10.2 Å². The second-order valence-electron chi connectivity index (χ2n) is 7.55. The van der Waals surface area contributed by atoms with E-state index < -0.39 is 6.04 Å². The maximum Gasteiger partial charge on any atom is 0.261 e. The average Bonchev–Trinajstić information content (AvgIpc) is 2.77. The number of benzene rings is 2. The molecule has 0 spiro atoms. The molecular formula is C25H34N2O4. The zero-order chi connectivity index (χ0) is 22.6. The summed E-state index contributed by atoms with van der Waals surface area (Å²) in [7, 11) is 1.60. The molecule has 0 saturated carbocycles. The van der Waals surface area contributed by atoms with Gasteiger partial charge in [0.1, 0.15) is 17.5 Å². The smallest absolute Gasteiger partial charge is 0.261 e. The monoisotopic (exact) mass is 426 g/mol. The molecule has 1 atom stereocenters. The van der Waals surface area contributed by atoms with E-state index in [0.717, 1.165) is 24.0 Å². The van der Waals surface area contributed by atoms with E-state index in [2.05, 4.69) is 12.2 Å². The van der Waals surface area contributed by atoms with Crippen molar-refractivity contribution in [3.63, 3.8) is 0 Å². The molecule has 0 aliphatic carbocycles. The largest absolute Gasteiger partial charge is 0.497 e. The van der Waals surface area contributed by atoms with Gasteiger partial charge in [-0.3, -0.25) is 9.59 Å².